The number of hydrogen-bond donors (Lipinski definition) is 1. The molecule has 28 heavy (non-hydrogen) atoms. The van der Waals surface area contributed by atoms with Crippen molar-refractivity contribution < 1.29 is 13.2 Å². The second kappa shape index (κ2) is 8.46. The summed E-state index contributed by atoms with van der Waals surface area (Å²) in [6.45, 7) is 0.541. The van der Waals surface area contributed by atoms with E-state index in [-0.39, 0.29) is 17.3 Å². The molecular formula is C19H23ClN4O3S. The highest BCUT2D eigenvalue weighted by Gasteiger charge is 2.33. The third kappa shape index (κ3) is 4.45. The normalized spacial score (nSPS) is 17.9. The third-order valence-electron chi connectivity index (χ3n) is 4.67. The van der Waals surface area contributed by atoms with Crippen LogP contribution in [0.15, 0.2) is 47.5 Å². The van der Waals surface area contributed by atoms with E-state index in [2.05, 4.69) is 10.3 Å². The summed E-state index contributed by atoms with van der Waals surface area (Å²) < 4.78 is 27.2. The molecule has 2 heterocycles. The average Bonchev–Trinajstić information content (AvgIpc) is 2.68. The lowest BCUT2D eigenvalue weighted by atomic mass is 9.99. The van der Waals surface area contributed by atoms with Crippen LogP contribution in [0.4, 0.5) is 11.5 Å². The van der Waals surface area contributed by atoms with Gasteiger partial charge in [0.25, 0.3) is 0 Å². The second-order valence-corrected chi connectivity index (χ2v) is 9.29. The van der Waals surface area contributed by atoms with Gasteiger partial charge in [-0.15, -0.1) is 0 Å². The van der Waals surface area contributed by atoms with E-state index in [1.54, 1.807) is 30.5 Å². The van der Waals surface area contributed by atoms with Crippen molar-refractivity contribution in [1.82, 2.24) is 9.29 Å². The third-order valence-corrected chi connectivity index (χ3v) is 6.81. The van der Waals surface area contributed by atoms with Crippen LogP contribution in [0.3, 0.4) is 0 Å². The zero-order chi connectivity index (χ0) is 20.3. The molecule has 3 rings (SSSR count). The van der Waals surface area contributed by atoms with E-state index in [0.717, 1.165) is 0 Å². The van der Waals surface area contributed by atoms with Crippen LogP contribution in [-0.4, -0.2) is 50.8 Å². The number of benzene rings is 1. The van der Waals surface area contributed by atoms with Gasteiger partial charge in [0.05, 0.1) is 16.5 Å². The smallest absolute Gasteiger partial charge is 0.243 e. The van der Waals surface area contributed by atoms with Crippen molar-refractivity contribution in [3.63, 3.8) is 0 Å². The van der Waals surface area contributed by atoms with Gasteiger partial charge in [-0.3, -0.25) is 4.79 Å². The van der Waals surface area contributed by atoms with E-state index in [0.29, 0.717) is 35.9 Å². The Morgan fingerprint density at radius 1 is 1.25 bits per heavy atom. The quantitative estimate of drug-likeness (QED) is 0.801. The molecule has 0 spiro atoms. The lowest BCUT2D eigenvalue weighted by Gasteiger charge is -2.31. The van der Waals surface area contributed by atoms with Crippen molar-refractivity contribution in [2.24, 2.45) is 5.92 Å². The molecule has 9 heteroatoms. The fraction of sp³-hybridized carbons (Fsp3) is 0.368. The summed E-state index contributed by atoms with van der Waals surface area (Å²) in [7, 11) is 0.0269. The van der Waals surface area contributed by atoms with E-state index >= 15 is 0 Å². The van der Waals surface area contributed by atoms with E-state index in [9.17, 15) is 13.2 Å². The molecule has 1 N–H and O–H groups in total. The summed E-state index contributed by atoms with van der Waals surface area (Å²) in [6, 6.07) is 9.61. The number of carbonyl (C=O) groups is 1. The number of aromatic nitrogens is 1. The second-order valence-electron chi connectivity index (χ2n) is 6.91. The molecule has 0 bridgehead atoms. The fourth-order valence-electron chi connectivity index (χ4n) is 3.22. The predicted molar refractivity (Wildman–Crippen MR) is 110 cm³/mol. The molecule has 150 valence electrons. The van der Waals surface area contributed by atoms with Crippen LogP contribution in [0, 0.1) is 5.92 Å². The van der Waals surface area contributed by atoms with E-state index in [1.165, 1.54) is 16.4 Å². The summed E-state index contributed by atoms with van der Waals surface area (Å²) in [5.41, 5.74) is 0.607. The largest absolute Gasteiger partial charge is 0.361 e. The van der Waals surface area contributed by atoms with Crippen LogP contribution in [0.2, 0.25) is 5.02 Å². The monoisotopic (exact) mass is 422 g/mol. The first-order valence-corrected chi connectivity index (χ1v) is 10.8. The Morgan fingerprint density at radius 3 is 2.64 bits per heavy atom. The van der Waals surface area contributed by atoms with Gasteiger partial charge in [-0.2, -0.15) is 4.31 Å². The summed E-state index contributed by atoms with van der Waals surface area (Å²) in [5.74, 6) is 0.0236. The first kappa shape index (κ1) is 20.6. The highest BCUT2D eigenvalue weighted by atomic mass is 35.5. The van der Waals surface area contributed by atoms with Gasteiger partial charge in [0, 0.05) is 38.4 Å². The molecule has 1 aromatic heterocycles. The zero-order valence-electron chi connectivity index (χ0n) is 15.8. The number of piperidine rings is 1. The Balaban J connectivity index is 1.74. The maximum Gasteiger partial charge on any atom is 0.243 e. The summed E-state index contributed by atoms with van der Waals surface area (Å²) in [4.78, 5) is 19.1. The number of hydrogen-bond acceptors (Lipinski definition) is 5. The lowest BCUT2D eigenvalue weighted by molar-refractivity contribution is -0.120. The van der Waals surface area contributed by atoms with Gasteiger partial charge in [0.2, 0.25) is 15.9 Å². The molecule has 1 aliphatic heterocycles. The molecule has 1 amide bonds. The number of amides is 1. The Bertz CT molecular complexity index is 948. The number of rotatable bonds is 5. The van der Waals surface area contributed by atoms with E-state index in [4.69, 9.17) is 11.6 Å². The lowest BCUT2D eigenvalue weighted by Crippen LogP contribution is -2.43. The predicted octanol–water partition coefficient (Wildman–Crippen LogP) is 2.84. The molecule has 0 radical (unpaired) electrons. The Kier molecular flexibility index (Phi) is 6.22. The first-order valence-electron chi connectivity index (χ1n) is 8.98. The van der Waals surface area contributed by atoms with Crippen molar-refractivity contribution in [2.75, 3.05) is 37.4 Å². The molecule has 0 aliphatic carbocycles. The minimum atomic E-state index is -3.67. The fourth-order valence-corrected chi connectivity index (χ4v) is 4.87. The molecule has 1 unspecified atom stereocenters. The molecule has 7 nitrogen and oxygen atoms in total. The number of halogens is 1. The summed E-state index contributed by atoms with van der Waals surface area (Å²) in [6.07, 6.45) is 2.92. The zero-order valence-corrected chi connectivity index (χ0v) is 17.4. The Morgan fingerprint density at radius 2 is 1.96 bits per heavy atom. The number of pyridine rings is 1. The van der Waals surface area contributed by atoms with Gasteiger partial charge in [-0.05, 0) is 49.2 Å². The average molecular weight is 423 g/mol. The van der Waals surface area contributed by atoms with Crippen LogP contribution < -0.4 is 10.2 Å². The minimum absolute atomic E-state index is 0.147. The van der Waals surface area contributed by atoms with Gasteiger partial charge in [-0.1, -0.05) is 11.6 Å². The SMILES string of the molecule is CN(C)c1ncccc1NC(=O)C1CCCN(S(=O)(=O)c2ccc(Cl)cc2)C1. The first-order chi connectivity index (χ1) is 13.3. The number of anilines is 2. The number of nitrogens with zero attached hydrogens (tertiary/aromatic N) is 3. The summed E-state index contributed by atoms with van der Waals surface area (Å²) >= 11 is 5.85. The van der Waals surface area contributed by atoms with E-state index in [1.807, 2.05) is 19.0 Å². The molecule has 1 aromatic carbocycles. The molecule has 1 saturated heterocycles. The molecular weight excluding hydrogens is 400 g/mol. The van der Waals surface area contributed by atoms with Crippen LogP contribution in [0.25, 0.3) is 0 Å². The number of carbonyl (C=O) groups excluding carboxylic acids is 1. The van der Waals surface area contributed by atoms with Crippen LogP contribution in [0.5, 0.6) is 0 Å². The van der Waals surface area contributed by atoms with Crippen LogP contribution in [0.1, 0.15) is 12.8 Å². The number of sulfonamides is 1. The molecule has 2 aromatic rings. The van der Waals surface area contributed by atoms with Crippen molar-refractivity contribution in [2.45, 2.75) is 17.7 Å². The van der Waals surface area contributed by atoms with E-state index < -0.39 is 15.9 Å². The van der Waals surface area contributed by atoms with Gasteiger partial charge >= 0.3 is 0 Å². The van der Waals surface area contributed by atoms with Crippen molar-refractivity contribution in [3.05, 3.63) is 47.6 Å². The maximum absolute atomic E-state index is 12.9. The number of nitrogens with one attached hydrogen (secondary N) is 1. The maximum atomic E-state index is 12.9. The van der Waals surface area contributed by atoms with Gasteiger partial charge < -0.3 is 10.2 Å². The van der Waals surface area contributed by atoms with Crippen LogP contribution >= 0.6 is 11.6 Å². The molecule has 0 saturated carbocycles. The van der Waals surface area contributed by atoms with Gasteiger partial charge in [0.1, 0.15) is 0 Å². The van der Waals surface area contributed by atoms with Gasteiger partial charge in [-0.25, -0.2) is 13.4 Å². The Hall–Kier alpha value is -2.16. The molecule has 1 atom stereocenters. The highest BCUT2D eigenvalue weighted by molar-refractivity contribution is 7.89. The van der Waals surface area contributed by atoms with Crippen molar-refractivity contribution >= 4 is 39.0 Å². The topological polar surface area (TPSA) is 82.6 Å². The van der Waals surface area contributed by atoms with Gasteiger partial charge in [0.15, 0.2) is 5.82 Å². The highest BCUT2D eigenvalue weighted by Crippen LogP contribution is 2.27. The summed E-state index contributed by atoms with van der Waals surface area (Å²) in [5, 5.41) is 3.37. The molecule has 1 fully saturated rings. The molecule has 1 aliphatic rings. The minimum Gasteiger partial charge on any atom is -0.361 e. The van der Waals surface area contributed by atoms with Crippen LogP contribution in [-0.2, 0) is 14.8 Å². The Labute approximate surface area is 170 Å². The van der Waals surface area contributed by atoms with Crippen molar-refractivity contribution in [3.8, 4) is 0 Å². The van der Waals surface area contributed by atoms with Crippen molar-refractivity contribution in [1.29, 1.82) is 0 Å². The standard InChI is InChI=1S/C19H23ClN4O3S/c1-23(2)18-17(6-3-11-21-18)22-19(25)14-5-4-12-24(13-14)28(26,27)16-9-7-15(20)8-10-16/h3,6-11,14H,4-5,12-13H2,1-2H3,(H,22,25).